The number of benzene rings is 1. The largest absolute Gasteiger partial charge is 0.491 e. The fraction of sp³-hybridized carbons (Fsp3) is 0.667. The zero-order chi connectivity index (χ0) is 14.9. The van der Waals surface area contributed by atoms with Crippen molar-refractivity contribution in [2.75, 3.05) is 24.6 Å². The van der Waals surface area contributed by atoms with Crippen molar-refractivity contribution in [2.45, 2.75) is 57.9 Å². The van der Waals surface area contributed by atoms with Gasteiger partial charge in [-0.1, -0.05) is 44.7 Å². The Kier molecular flexibility index (Phi) is 6.87. The van der Waals surface area contributed by atoms with E-state index in [1.165, 1.54) is 37.8 Å². The predicted molar refractivity (Wildman–Crippen MR) is 90.1 cm³/mol. The van der Waals surface area contributed by atoms with Crippen LogP contribution in [-0.4, -0.2) is 25.7 Å². The number of ether oxygens (including phenoxy) is 1. The molecule has 0 aliphatic carbocycles. The second-order valence-electron chi connectivity index (χ2n) is 6.08. The molecule has 1 atom stereocenters. The molecule has 1 aliphatic heterocycles. The summed E-state index contributed by atoms with van der Waals surface area (Å²) >= 11 is 0. The second-order valence-corrected chi connectivity index (χ2v) is 6.08. The third kappa shape index (κ3) is 5.24. The van der Waals surface area contributed by atoms with Crippen LogP contribution in [0.1, 0.15) is 51.9 Å². The van der Waals surface area contributed by atoms with Crippen LogP contribution >= 0.6 is 0 Å². The van der Waals surface area contributed by atoms with Crippen molar-refractivity contribution in [3.63, 3.8) is 0 Å². The van der Waals surface area contributed by atoms with Crippen LogP contribution in [0.5, 0.6) is 5.75 Å². The highest BCUT2D eigenvalue weighted by atomic mass is 16.5. The van der Waals surface area contributed by atoms with Crippen LogP contribution in [0.2, 0.25) is 0 Å². The maximum absolute atomic E-state index is 6.10. The van der Waals surface area contributed by atoms with E-state index in [-0.39, 0.29) is 0 Å². The Balaban J connectivity index is 1.85. The van der Waals surface area contributed by atoms with Crippen LogP contribution in [0.3, 0.4) is 0 Å². The Bertz CT molecular complexity index is 408. The third-order valence-corrected chi connectivity index (χ3v) is 4.17. The van der Waals surface area contributed by atoms with Crippen molar-refractivity contribution in [3.8, 4) is 5.75 Å². The zero-order valence-electron chi connectivity index (χ0n) is 13.4. The van der Waals surface area contributed by atoms with E-state index in [0.29, 0.717) is 6.04 Å². The van der Waals surface area contributed by atoms with Gasteiger partial charge in [0.1, 0.15) is 5.75 Å². The minimum Gasteiger partial charge on any atom is -0.491 e. The number of rotatable bonds is 8. The van der Waals surface area contributed by atoms with Crippen LogP contribution < -0.4 is 15.4 Å². The van der Waals surface area contributed by atoms with Crippen molar-refractivity contribution in [1.29, 1.82) is 0 Å². The van der Waals surface area contributed by atoms with Crippen LogP contribution in [0, 0.1) is 0 Å². The van der Waals surface area contributed by atoms with Gasteiger partial charge >= 0.3 is 0 Å². The number of unbranched alkanes of at least 4 members (excludes halogenated alkanes) is 4. The van der Waals surface area contributed by atoms with E-state index in [9.17, 15) is 0 Å². The summed E-state index contributed by atoms with van der Waals surface area (Å²) in [6, 6.07) is 8.68. The van der Waals surface area contributed by atoms with Gasteiger partial charge in [0.15, 0.2) is 0 Å². The molecule has 2 rings (SSSR count). The van der Waals surface area contributed by atoms with E-state index >= 15 is 0 Å². The average molecular weight is 290 g/mol. The molecule has 2 N–H and O–H groups in total. The van der Waals surface area contributed by atoms with Gasteiger partial charge in [-0.25, -0.2) is 0 Å². The fourth-order valence-corrected chi connectivity index (χ4v) is 2.96. The topological polar surface area (TPSA) is 38.5 Å². The first-order valence-corrected chi connectivity index (χ1v) is 8.53. The third-order valence-electron chi connectivity index (χ3n) is 4.17. The van der Waals surface area contributed by atoms with Gasteiger partial charge in [0.2, 0.25) is 0 Å². The van der Waals surface area contributed by atoms with Crippen molar-refractivity contribution < 1.29 is 4.74 Å². The first-order chi connectivity index (χ1) is 10.3. The number of nitrogens with two attached hydrogens (primary N) is 1. The molecule has 0 radical (unpaired) electrons. The summed E-state index contributed by atoms with van der Waals surface area (Å²) in [5.41, 5.74) is 7.31. The van der Waals surface area contributed by atoms with Gasteiger partial charge in [0, 0.05) is 19.1 Å². The Labute approximate surface area is 129 Å². The van der Waals surface area contributed by atoms with Gasteiger partial charge in [0.05, 0.1) is 12.3 Å². The normalized spacial score (nSPS) is 18.8. The molecular weight excluding hydrogens is 260 g/mol. The van der Waals surface area contributed by atoms with E-state index in [0.717, 1.165) is 38.3 Å². The number of para-hydroxylation sites is 2. The molecule has 1 heterocycles. The molecule has 0 bridgehead atoms. The molecule has 118 valence electrons. The highest BCUT2D eigenvalue weighted by Gasteiger charge is 2.19. The molecule has 0 amide bonds. The number of nitrogens with zero attached hydrogens (tertiary/aromatic N) is 1. The van der Waals surface area contributed by atoms with Crippen LogP contribution in [0.4, 0.5) is 5.69 Å². The molecule has 3 heteroatoms. The standard InChI is InChI=1S/C18H30N2O/c1-2-3-4-5-8-14-21-18-12-7-6-11-17(18)20-13-9-10-16(19)15-20/h6-7,11-12,16H,2-5,8-10,13-15,19H2,1H3. The minimum absolute atomic E-state index is 0.292. The van der Waals surface area contributed by atoms with Crippen molar-refractivity contribution in [2.24, 2.45) is 5.73 Å². The predicted octanol–water partition coefficient (Wildman–Crippen LogP) is 3.96. The van der Waals surface area contributed by atoms with E-state index in [4.69, 9.17) is 10.5 Å². The Hall–Kier alpha value is -1.22. The summed E-state index contributed by atoms with van der Waals surface area (Å²) in [4.78, 5) is 2.38. The van der Waals surface area contributed by atoms with Gasteiger partial charge in [-0.15, -0.1) is 0 Å². The van der Waals surface area contributed by atoms with Crippen molar-refractivity contribution in [1.82, 2.24) is 0 Å². The van der Waals surface area contributed by atoms with Crippen molar-refractivity contribution >= 4 is 5.69 Å². The summed E-state index contributed by atoms with van der Waals surface area (Å²) in [6.45, 7) is 5.10. The van der Waals surface area contributed by atoms with Gasteiger partial charge in [-0.3, -0.25) is 0 Å². The summed E-state index contributed by atoms with van der Waals surface area (Å²) in [6.07, 6.45) is 8.67. The molecule has 0 saturated carbocycles. The van der Waals surface area contributed by atoms with Gasteiger partial charge in [-0.05, 0) is 31.4 Å². The first kappa shape index (κ1) is 16.2. The molecule has 1 aliphatic rings. The lowest BCUT2D eigenvalue weighted by atomic mass is 10.1. The monoisotopic (exact) mass is 290 g/mol. The molecule has 3 nitrogen and oxygen atoms in total. The highest BCUT2D eigenvalue weighted by molar-refractivity contribution is 5.58. The SMILES string of the molecule is CCCCCCCOc1ccccc1N1CCCC(N)C1. The lowest BCUT2D eigenvalue weighted by Crippen LogP contribution is -2.42. The summed E-state index contributed by atoms with van der Waals surface area (Å²) in [7, 11) is 0. The van der Waals surface area contributed by atoms with E-state index < -0.39 is 0 Å². The fourth-order valence-electron chi connectivity index (χ4n) is 2.96. The lowest BCUT2D eigenvalue weighted by Gasteiger charge is -2.33. The number of hydrogen-bond acceptors (Lipinski definition) is 3. The molecule has 1 aromatic rings. The van der Waals surface area contributed by atoms with E-state index in [2.05, 4.69) is 36.1 Å². The highest BCUT2D eigenvalue weighted by Crippen LogP contribution is 2.30. The summed E-state index contributed by atoms with van der Waals surface area (Å²) in [5.74, 6) is 1.02. The lowest BCUT2D eigenvalue weighted by molar-refractivity contribution is 0.304. The summed E-state index contributed by atoms with van der Waals surface area (Å²) < 4.78 is 6.02. The molecule has 0 aromatic heterocycles. The molecule has 1 fully saturated rings. The molecule has 1 saturated heterocycles. The number of hydrogen-bond donors (Lipinski definition) is 1. The molecule has 0 spiro atoms. The number of anilines is 1. The minimum atomic E-state index is 0.292. The Morgan fingerprint density at radius 2 is 2.00 bits per heavy atom. The van der Waals surface area contributed by atoms with Crippen LogP contribution in [-0.2, 0) is 0 Å². The molecule has 21 heavy (non-hydrogen) atoms. The average Bonchev–Trinajstić information content (AvgIpc) is 2.51. The second kappa shape index (κ2) is 8.93. The van der Waals surface area contributed by atoms with E-state index in [1.54, 1.807) is 0 Å². The Morgan fingerprint density at radius 3 is 2.81 bits per heavy atom. The van der Waals surface area contributed by atoms with Crippen LogP contribution in [0.25, 0.3) is 0 Å². The quantitative estimate of drug-likeness (QED) is 0.736. The molecular formula is C18H30N2O. The van der Waals surface area contributed by atoms with Crippen molar-refractivity contribution in [3.05, 3.63) is 24.3 Å². The van der Waals surface area contributed by atoms with E-state index in [1.807, 2.05) is 0 Å². The van der Waals surface area contributed by atoms with Gasteiger partial charge < -0.3 is 15.4 Å². The molecule has 1 aromatic carbocycles. The summed E-state index contributed by atoms with van der Waals surface area (Å²) in [5, 5.41) is 0. The van der Waals surface area contributed by atoms with Crippen LogP contribution in [0.15, 0.2) is 24.3 Å². The number of piperidine rings is 1. The van der Waals surface area contributed by atoms with Gasteiger partial charge in [0.25, 0.3) is 0 Å². The maximum Gasteiger partial charge on any atom is 0.142 e. The smallest absolute Gasteiger partial charge is 0.142 e. The Morgan fingerprint density at radius 1 is 1.19 bits per heavy atom. The maximum atomic E-state index is 6.10. The van der Waals surface area contributed by atoms with Gasteiger partial charge in [-0.2, -0.15) is 0 Å². The first-order valence-electron chi connectivity index (χ1n) is 8.53. The molecule has 1 unspecified atom stereocenters. The zero-order valence-corrected chi connectivity index (χ0v) is 13.4.